The molecule has 0 amide bonds. The van der Waals surface area contributed by atoms with Crippen LogP contribution in [0.2, 0.25) is 0 Å². The fourth-order valence-electron chi connectivity index (χ4n) is 1.98. The number of benzene rings is 1. The Morgan fingerprint density at radius 3 is 2.85 bits per heavy atom. The minimum atomic E-state index is -1.37. The summed E-state index contributed by atoms with van der Waals surface area (Å²) in [7, 11) is 0. The van der Waals surface area contributed by atoms with Crippen LogP contribution in [-0.2, 0) is 4.74 Å². The van der Waals surface area contributed by atoms with Crippen molar-refractivity contribution in [2.24, 2.45) is 0 Å². The number of carbonyl (C=O) groups is 1. The van der Waals surface area contributed by atoms with Crippen LogP contribution in [0.3, 0.4) is 0 Å². The van der Waals surface area contributed by atoms with E-state index in [9.17, 15) is 20.0 Å². The van der Waals surface area contributed by atoms with Gasteiger partial charge in [-0.1, -0.05) is 0 Å². The fourth-order valence-corrected chi connectivity index (χ4v) is 1.98. The number of nitro groups is 1. The Labute approximate surface area is 114 Å². The summed E-state index contributed by atoms with van der Waals surface area (Å²) in [6.45, 7) is 0.863. The summed E-state index contributed by atoms with van der Waals surface area (Å²) in [6.07, 6.45) is 0.485. The molecule has 1 heterocycles. The van der Waals surface area contributed by atoms with Crippen LogP contribution in [0.25, 0.3) is 0 Å². The number of carboxylic acid groups (broad SMARTS) is 1. The van der Waals surface area contributed by atoms with E-state index in [0.717, 1.165) is 6.07 Å². The summed E-state index contributed by atoms with van der Waals surface area (Å²) in [5, 5.41) is 32.6. The highest BCUT2D eigenvalue weighted by molar-refractivity contribution is 5.93. The van der Waals surface area contributed by atoms with Crippen molar-refractivity contribution in [1.29, 1.82) is 0 Å². The number of nitrogens with zero attached hydrogens (tertiary/aromatic N) is 1. The van der Waals surface area contributed by atoms with E-state index in [-0.39, 0.29) is 13.2 Å². The van der Waals surface area contributed by atoms with Gasteiger partial charge in [-0.05, 0) is 12.1 Å². The lowest BCUT2D eigenvalue weighted by Crippen LogP contribution is -2.37. The molecule has 2 rings (SSSR count). The third kappa shape index (κ3) is 3.03. The van der Waals surface area contributed by atoms with Crippen molar-refractivity contribution in [1.82, 2.24) is 0 Å². The first kappa shape index (κ1) is 14.2. The van der Waals surface area contributed by atoms with E-state index in [4.69, 9.17) is 9.84 Å². The zero-order valence-electron chi connectivity index (χ0n) is 10.5. The van der Waals surface area contributed by atoms with E-state index in [2.05, 4.69) is 5.32 Å². The highest BCUT2D eigenvalue weighted by atomic mass is 16.6. The van der Waals surface area contributed by atoms with Crippen LogP contribution < -0.4 is 5.32 Å². The van der Waals surface area contributed by atoms with Crippen molar-refractivity contribution in [3.63, 3.8) is 0 Å². The SMILES string of the molecule is O=C(O)c1cc(NCC2(O)CCOC2)ccc1[N+](=O)[O-]. The smallest absolute Gasteiger partial charge is 0.342 e. The molecule has 0 saturated carbocycles. The Hall–Kier alpha value is -2.19. The molecule has 0 bridgehead atoms. The fraction of sp³-hybridized carbons (Fsp3) is 0.417. The third-order valence-electron chi connectivity index (χ3n) is 3.13. The van der Waals surface area contributed by atoms with E-state index in [0.29, 0.717) is 18.7 Å². The highest BCUT2D eigenvalue weighted by Gasteiger charge is 2.32. The minimum absolute atomic E-state index is 0.184. The number of hydrogen-bond donors (Lipinski definition) is 3. The van der Waals surface area contributed by atoms with Gasteiger partial charge < -0.3 is 20.3 Å². The van der Waals surface area contributed by atoms with Crippen LogP contribution in [0, 0.1) is 10.1 Å². The van der Waals surface area contributed by atoms with Gasteiger partial charge in [0.25, 0.3) is 5.69 Å². The first-order valence-corrected chi connectivity index (χ1v) is 5.97. The monoisotopic (exact) mass is 282 g/mol. The standard InChI is InChI=1S/C12H14N2O6/c15-11(16)9-5-8(1-2-10(9)14(18)19)13-6-12(17)3-4-20-7-12/h1-2,5,13,17H,3-4,6-7H2,(H,15,16). The lowest BCUT2D eigenvalue weighted by molar-refractivity contribution is -0.385. The van der Waals surface area contributed by atoms with Gasteiger partial charge in [-0.3, -0.25) is 10.1 Å². The molecule has 20 heavy (non-hydrogen) atoms. The van der Waals surface area contributed by atoms with Crippen molar-refractivity contribution in [2.75, 3.05) is 25.1 Å². The molecule has 1 saturated heterocycles. The van der Waals surface area contributed by atoms with Gasteiger partial charge >= 0.3 is 5.97 Å². The maximum absolute atomic E-state index is 11.0. The third-order valence-corrected chi connectivity index (χ3v) is 3.13. The molecule has 1 atom stereocenters. The number of nitro benzene ring substituents is 1. The number of anilines is 1. The maximum Gasteiger partial charge on any atom is 0.342 e. The molecule has 1 unspecified atom stereocenters. The second kappa shape index (κ2) is 5.43. The molecule has 1 aromatic rings. The van der Waals surface area contributed by atoms with Crippen molar-refractivity contribution < 1.29 is 24.7 Å². The largest absolute Gasteiger partial charge is 0.477 e. The minimum Gasteiger partial charge on any atom is -0.477 e. The molecule has 0 radical (unpaired) electrons. The molecular weight excluding hydrogens is 268 g/mol. The van der Waals surface area contributed by atoms with Crippen molar-refractivity contribution >= 4 is 17.3 Å². The summed E-state index contributed by atoms with van der Waals surface area (Å²) in [4.78, 5) is 21.0. The van der Waals surface area contributed by atoms with Crippen LogP contribution in [0.5, 0.6) is 0 Å². The molecule has 8 nitrogen and oxygen atoms in total. The Balaban J connectivity index is 2.15. The van der Waals surface area contributed by atoms with Crippen LogP contribution in [0.1, 0.15) is 16.8 Å². The molecule has 108 valence electrons. The highest BCUT2D eigenvalue weighted by Crippen LogP contribution is 2.24. The van der Waals surface area contributed by atoms with Gasteiger partial charge in [-0.15, -0.1) is 0 Å². The van der Waals surface area contributed by atoms with Crippen molar-refractivity contribution in [3.8, 4) is 0 Å². The molecule has 0 aromatic heterocycles. The second-order valence-corrected chi connectivity index (χ2v) is 4.67. The first-order valence-electron chi connectivity index (χ1n) is 5.97. The Kier molecular flexibility index (Phi) is 3.86. The van der Waals surface area contributed by atoms with E-state index in [1.165, 1.54) is 12.1 Å². The zero-order valence-corrected chi connectivity index (χ0v) is 10.5. The molecule has 0 aliphatic carbocycles. The summed E-state index contributed by atoms with van der Waals surface area (Å²) < 4.78 is 5.09. The molecular formula is C12H14N2O6. The van der Waals surface area contributed by atoms with E-state index in [1.54, 1.807) is 0 Å². The van der Waals surface area contributed by atoms with Crippen LogP contribution in [0.15, 0.2) is 18.2 Å². The average Bonchev–Trinajstić information content (AvgIpc) is 2.83. The molecule has 3 N–H and O–H groups in total. The topological polar surface area (TPSA) is 122 Å². The predicted molar refractivity (Wildman–Crippen MR) is 68.9 cm³/mol. The van der Waals surface area contributed by atoms with Crippen molar-refractivity contribution in [2.45, 2.75) is 12.0 Å². The van der Waals surface area contributed by atoms with Gasteiger partial charge in [0.05, 0.1) is 11.5 Å². The second-order valence-electron chi connectivity index (χ2n) is 4.67. The number of ether oxygens (including phenoxy) is 1. The van der Waals surface area contributed by atoms with Crippen molar-refractivity contribution in [3.05, 3.63) is 33.9 Å². The van der Waals surface area contributed by atoms with Crippen LogP contribution >= 0.6 is 0 Å². The number of nitrogens with one attached hydrogen (secondary N) is 1. The molecule has 1 aliphatic heterocycles. The average molecular weight is 282 g/mol. The van der Waals surface area contributed by atoms with Gasteiger partial charge in [0.2, 0.25) is 0 Å². The van der Waals surface area contributed by atoms with Gasteiger partial charge in [0.15, 0.2) is 0 Å². The maximum atomic E-state index is 11.0. The number of carboxylic acids is 1. The Bertz CT molecular complexity index is 539. The summed E-state index contributed by atoms with van der Waals surface area (Å²) in [5.41, 5.74) is -1.46. The molecule has 8 heteroatoms. The van der Waals surface area contributed by atoms with E-state index >= 15 is 0 Å². The normalized spacial score (nSPS) is 21.6. The molecule has 0 spiro atoms. The Morgan fingerprint density at radius 2 is 2.30 bits per heavy atom. The lowest BCUT2D eigenvalue weighted by Gasteiger charge is -2.21. The molecule has 1 fully saturated rings. The van der Waals surface area contributed by atoms with Crippen LogP contribution in [0.4, 0.5) is 11.4 Å². The predicted octanol–water partition coefficient (Wildman–Crippen LogP) is 0.856. The first-order chi connectivity index (χ1) is 9.41. The van der Waals surface area contributed by atoms with Gasteiger partial charge in [0, 0.05) is 31.3 Å². The summed E-state index contributed by atoms with van der Waals surface area (Å²) in [6, 6.07) is 3.71. The summed E-state index contributed by atoms with van der Waals surface area (Å²) >= 11 is 0. The van der Waals surface area contributed by atoms with Gasteiger partial charge in [-0.25, -0.2) is 4.79 Å². The lowest BCUT2D eigenvalue weighted by atomic mass is 10.0. The molecule has 1 aromatic carbocycles. The quantitative estimate of drug-likeness (QED) is 0.540. The molecule has 1 aliphatic rings. The van der Waals surface area contributed by atoms with Gasteiger partial charge in [-0.2, -0.15) is 0 Å². The van der Waals surface area contributed by atoms with E-state index in [1.807, 2.05) is 0 Å². The number of aromatic carboxylic acids is 1. The number of hydrogen-bond acceptors (Lipinski definition) is 6. The number of aliphatic hydroxyl groups is 1. The zero-order chi connectivity index (χ0) is 14.8. The number of rotatable bonds is 5. The summed E-state index contributed by atoms with van der Waals surface area (Å²) in [5.74, 6) is -1.37. The van der Waals surface area contributed by atoms with E-state index < -0.39 is 27.7 Å². The van der Waals surface area contributed by atoms with Gasteiger partial charge in [0.1, 0.15) is 11.2 Å². The Morgan fingerprint density at radius 1 is 1.55 bits per heavy atom. The van der Waals surface area contributed by atoms with Crippen LogP contribution in [-0.4, -0.2) is 46.5 Å².